The van der Waals surface area contributed by atoms with E-state index in [1.807, 2.05) is 13.0 Å². The zero-order valence-corrected chi connectivity index (χ0v) is 16.7. The molecule has 0 bridgehead atoms. The van der Waals surface area contributed by atoms with Crippen LogP contribution in [0.15, 0.2) is 53.4 Å². The maximum Gasteiger partial charge on any atom is 0.344 e. The molecule has 2 aromatic carbocycles. The Morgan fingerprint density at radius 1 is 1.04 bits per heavy atom. The quantitative estimate of drug-likeness (QED) is 0.671. The number of ether oxygens (including phenoxy) is 2. The molecule has 0 saturated carbocycles. The zero-order valence-electron chi connectivity index (χ0n) is 15.8. The van der Waals surface area contributed by atoms with Gasteiger partial charge in [-0.15, -0.1) is 0 Å². The molecule has 8 nitrogen and oxygen atoms in total. The molecule has 0 heterocycles. The third-order valence-electron chi connectivity index (χ3n) is 3.61. The summed E-state index contributed by atoms with van der Waals surface area (Å²) in [5, 5.41) is 2.49. The van der Waals surface area contributed by atoms with Crippen molar-refractivity contribution in [1.82, 2.24) is 4.31 Å². The van der Waals surface area contributed by atoms with Gasteiger partial charge in [-0.2, -0.15) is 0 Å². The number of anilines is 1. The highest BCUT2D eigenvalue weighted by molar-refractivity contribution is 7.89. The van der Waals surface area contributed by atoms with Crippen LogP contribution in [-0.4, -0.2) is 51.9 Å². The van der Waals surface area contributed by atoms with E-state index in [0.29, 0.717) is 5.75 Å². The predicted molar refractivity (Wildman–Crippen MR) is 104 cm³/mol. The van der Waals surface area contributed by atoms with E-state index in [1.165, 1.54) is 38.4 Å². The summed E-state index contributed by atoms with van der Waals surface area (Å²) in [5.74, 6) is -0.760. The number of carbonyl (C=O) groups excluding carboxylic acids is 2. The van der Waals surface area contributed by atoms with Crippen LogP contribution in [-0.2, 0) is 24.3 Å². The Hall–Kier alpha value is -2.91. The summed E-state index contributed by atoms with van der Waals surface area (Å²) in [4.78, 5) is 23.7. The Labute approximate surface area is 164 Å². The number of hydrogen-bond acceptors (Lipinski definition) is 6. The van der Waals surface area contributed by atoms with Gasteiger partial charge in [-0.05, 0) is 42.8 Å². The average Bonchev–Trinajstić information content (AvgIpc) is 2.65. The van der Waals surface area contributed by atoms with Gasteiger partial charge in [0.1, 0.15) is 5.75 Å². The molecule has 150 valence electrons. The third-order valence-corrected chi connectivity index (χ3v) is 5.42. The van der Waals surface area contributed by atoms with Gasteiger partial charge in [-0.3, -0.25) is 4.79 Å². The smallest absolute Gasteiger partial charge is 0.344 e. The first-order valence-electron chi connectivity index (χ1n) is 8.36. The second-order valence-corrected chi connectivity index (χ2v) is 8.28. The maximum absolute atomic E-state index is 12.1. The number of rotatable bonds is 8. The van der Waals surface area contributed by atoms with Gasteiger partial charge < -0.3 is 14.8 Å². The summed E-state index contributed by atoms with van der Waals surface area (Å²) < 4.78 is 35.5. The summed E-state index contributed by atoms with van der Waals surface area (Å²) in [6, 6.07) is 13.0. The number of nitrogens with one attached hydrogen (secondary N) is 1. The van der Waals surface area contributed by atoms with Gasteiger partial charge in [0.25, 0.3) is 5.91 Å². The summed E-state index contributed by atoms with van der Waals surface area (Å²) in [7, 11) is -0.787. The minimum atomic E-state index is -3.62. The molecular weight excluding hydrogens is 384 g/mol. The second kappa shape index (κ2) is 9.34. The van der Waals surface area contributed by atoms with Gasteiger partial charge in [0, 0.05) is 19.8 Å². The van der Waals surface area contributed by atoms with E-state index in [2.05, 4.69) is 5.32 Å². The lowest BCUT2D eigenvalue weighted by Crippen LogP contribution is -2.24. The van der Waals surface area contributed by atoms with E-state index in [0.717, 1.165) is 9.87 Å². The van der Waals surface area contributed by atoms with Crippen LogP contribution >= 0.6 is 0 Å². The van der Waals surface area contributed by atoms with Gasteiger partial charge in [0.05, 0.1) is 4.90 Å². The van der Waals surface area contributed by atoms with Crippen molar-refractivity contribution < 1.29 is 27.5 Å². The number of sulfonamides is 1. The zero-order chi connectivity index (χ0) is 20.7. The molecule has 2 rings (SSSR count). The Morgan fingerprint density at radius 2 is 1.75 bits per heavy atom. The summed E-state index contributed by atoms with van der Waals surface area (Å²) >= 11 is 0. The Bertz CT molecular complexity index is 956. The molecule has 0 spiro atoms. The summed E-state index contributed by atoms with van der Waals surface area (Å²) in [6.07, 6.45) is 0. The van der Waals surface area contributed by atoms with Crippen LogP contribution in [0.3, 0.4) is 0 Å². The van der Waals surface area contributed by atoms with Gasteiger partial charge in [0.2, 0.25) is 10.0 Å². The maximum atomic E-state index is 12.1. The van der Waals surface area contributed by atoms with Crippen molar-refractivity contribution in [2.75, 3.05) is 32.6 Å². The van der Waals surface area contributed by atoms with Gasteiger partial charge >= 0.3 is 5.97 Å². The molecule has 0 aliphatic heterocycles. The average molecular weight is 406 g/mol. The highest BCUT2D eigenvalue weighted by atomic mass is 32.2. The lowest BCUT2D eigenvalue weighted by molar-refractivity contribution is -0.149. The molecule has 1 N–H and O–H groups in total. The third kappa shape index (κ3) is 6.07. The highest BCUT2D eigenvalue weighted by Gasteiger charge is 2.17. The standard InChI is InChI=1S/C19H22N2O6S/c1-14-6-4-8-16(10-14)26-13-19(23)27-12-18(22)20-15-7-5-9-17(11-15)28(24,25)21(2)3/h4-11H,12-13H2,1-3H3,(H,20,22). The van der Waals surface area contributed by atoms with E-state index in [-0.39, 0.29) is 17.2 Å². The number of amides is 1. The highest BCUT2D eigenvalue weighted by Crippen LogP contribution is 2.18. The minimum Gasteiger partial charge on any atom is -0.482 e. The monoisotopic (exact) mass is 406 g/mol. The van der Waals surface area contributed by atoms with Crippen molar-refractivity contribution in [2.24, 2.45) is 0 Å². The Balaban J connectivity index is 1.85. The van der Waals surface area contributed by atoms with Crippen molar-refractivity contribution in [3.05, 3.63) is 54.1 Å². The normalized spacial score (nSPS) is 11.1. The largest absolute Gasteiger partial charge is 0.482 e. The number of aryl methyl sites for hydroxylation is 1. The first-order chi connectivity index (χ1) is 13.2. The lowest BCUT2D eigenvalue weighted by Gasteiger charge is -2.13. The fourth-order valence-electron chi connectivity index (χ4n) is 2.18. The molecule has 0 atom stereocenters. The van der Waals surface area contributed by atoms with Crippen LogP contribution in [0.5, 0.6) is 5.75 Å². The number of benzene rings is 2. The SMILES string of the molecule is Cc1cccc(OCC(=O)OCC(=O)Nc2cccc(S(=O)(=O)N(C)C)c2)c1. The van der Waals surface area contributed by atoms with Crippen LogP contribution in [0.4, 0.5) is 5.69 Å². The van der Waals surface area contributed by atoms with Gasteiger partial charge in [0.15, 0.2) is 13.2 Å². The Morgan fingerprint density at radius 3 is 2.43 bits per heavy atom. The van der Waals surface area contributed by atoms with Gasteiger partial charge in [-0.1, -0.05) is 18.2 Å². The van der Waals surface area contributed by atoms with Crippen molar-refractivity contribution in [3.8, 4) is 5.75 Å². The van der Waals surface area contributed by atoms with Crippen LogP contribution in [0.1, 0.15) is 5.56 Å². The predicted octanol–water partition coefficient (Wildman–Crippen LogP) is 1.81. The number of carbonyl (C=O) groups is 2. The number of esters is 1. The fourth-order valence-corrected chi connectivity index (χ4v) is 3.13. The van der Waals surface area contributed by atoms with Crippen LogP contribution in [0.25, 0.3) is 0 Å². The van der Waals surface area contributed by atoms with Crippen molar-refractivity contribution in [1.29, 1.82) is 0 Å². The molecule has 2 aromatic rings. The van der Waals surface area contributed by atoms with Crippen LogP contribution in [0.2, 0.25) is 0 Å². The number of hydrogen-bond donors (Lipinski definition) is 1. The van der Waals surface area contributed by atoms with E-state index < -0.39 is 28.5 Å². The van der Waals surface area contributed by atoms with Crippen LogP contribution in [0, 0.1) is 6.92 Å². The molecular formula is C19H22N2O6S. The minimum absolute atomic E-state index is 0.0406. The lowest BCUT2D eigenvalue weighted by atomic mass is 10.2. The molecule has 0 unspecified atom stereocenters. The topological polar surface area (TPSA) is 102 Å². The number of nitrogens with zero attached hydrogens (tertiary/aromatic N) is 1. The first-order valence-corrected chi connectivity index (χ1v) is 9.80. The molecule has 0 aliphatic carbocycles. The molecule has 0 aromatic heterocycles. The first kappa shape index (κ1) is 21.4. The van der Waals surface area contributed by atoms with Crippen molar-refractivity contribution >= 4 is 27.6 Å². The second-order valence-electron chi connectivity index (χ2n) is 6.13. The van der Waals surface area contributed by atoms with E-state index >= 15 is 0 Å². The summed E-state index contributed by atoms with van der Waals surface area (Å²) in [5.41, 5.74) is 1.27. The van der Waals surface area contributed by atoms with E-state index in [9.17, 15) is 18.0 Å². The van der Waals surface area contributed by atoms with Crippen LogP contribution < -0.4 is 10.1 Å². The van der Waals surface area contributed by atoms with Crippen molar-refractivity contribution in [2.45, 2.75) is 11.8 Å². The molecule has 1 amide bonds. The van der Waals surface area contributed by atoms with Crippen molar-refractivity contribution in [3.63, 3.8) is 0 Å². The van der Waals surface area contributed by atoms with Gasteiger partial charge in [-0.25, -0.2) is 17.5 Å². The molecule has 28 heavy (non-hydrogen) atoms. The summed E-state index contributed by atoms with van der Waals surface area (Å²) in [6.45, 7) is 1.06. The molecule has 0 fully saturated rings. The van der Waals surface area contributed by atoms with E-state index in [1.54, 1.807) is 18.2 Å². The molecule has 9 heteroatoms. The Kier molecular flexibility index (Phi) is 7.13. The van der Waals surface area contributed by atoms with E-state index in [4.69, 9.17) is 9.47 Å². The molecule has 0 saturated heterocycles. The molecule has 0 aliphatic rings. The fraction of sp³-hybridized carbons (Fsp3) is 0.263. The molecule has 0 radical (unpaired) electrons.